The fraction of sp³-hybridized carbons (Fsp3) is 0.364. The van der Waals surface area contributed by atoms with E-state index in [-0.39, 0.29) is 5.15 Å². The molecule has 19 heavy (non-hydrogen) atoms. The normalized spacial score (nSPS) is 18.1. The van der Waals surface area contributed by atoms with Gasteiger partial charge in [-0.3, -0.25) is 0 Å². The van der Waals surface area contributed by atoms with Crippen molar-refractivity contribution in [3.05, 3.63) is 29.3 Å². The van der Waals surface area contributed by atoms with Crippen LogP contribution in [0.25, 0.3) is 0 Å². The van der Waals surface area contributed by atoms with E-state index in [0.29, 0.717) is 5.16 Å². The van der Waals surface area contributed by atoms with Gasteiger partial charge in [-0.05, 0) is 34.9 Å². The Morgan fingerprint density at radius 2 is 2.37 bits per heavy atom. The van der Waals surface area contributed by atoms with Gasteiger partial charge in [0.05, 0.1) is 5.15 Å². The first-order chi connectivity index (χ1) is 9.15. The molecule has 0 bridgehead atoms. The van der Waals surface area contributed by atoms with Crippen LogP contribution >= 0.6 is 11.8 Å². The van der Waals surface area contributed by atoms with Gasteiger partial charge in [0.15, 0.2) is 0 Å². The standard InChI is InChI=1S/C11H13BN4O2S/c1-7-4-3-5-8-6-9(12(17)18-10(7)8)19-11-13-14-15-16(11)2/h3-5,9,17H,6H2,1-2H3/t9-/m0/s1. The second-order valence-corrected chi connectivity index (χ2v) is 5.72. The van der Waals surface area contributed by atoms with Crippen LogP contribution in [0.15, 0.2) is 23.4 Å². The number of hydrogen-bond donors (Lipinski definition) is 1. The van der Waals surface area contributed by atoms with E-state index in [1.807, 2.05) is 25.1 Å². The van der Waals surface area contributed by atoms with Gasteiger partial charge < -0.3 is 9.68 Å². The Morgan fingerprint density at radius 3 is 3.11 bits per heavy atom. The van der Waals surface area contributed by atoms with Crippen LogP contribution < -0.4 is 4.65 Å². The highest BCUT2D eigenvalue weighted by molar-refractivity contribution is 8.01. The molecule has 0 saturated heterocycles. The largest absolute Gasteiger partial charge is 0.537 e. The molecule has 1 atom stereocenters. The van der Waals surface area contributed by atoms with Gasteiger partial charge in [-0.15, -0.1) is 5.10 Å². The molecule has 2 heterocycles. The Labute approximate surface area is 115 Å². The first kappa shape index (κ1) is 12.5. The van der Waals surface area contributed by atoms with Crippen molar-refractivity contribution in [1.82, 2.24) is 20.2 Å². The molecule has 8 heteroatoms. The molecule has 0 unspecified atom stereocenters. The zero-order valence-corrected chi connectivity index (χ0v) is 11.5. The summed E-state index contributed by atoms with van der Waals surface area (Å²) >= 11 is 1.43. The van der Waals surface area contributed by atoms with Gasteiger partial charge in [-0.2, -0.15) is 0 Å². The summed E-state index contributed by atoms with van der Waals surface area (Å²) in [6, 6.07) is 6.00. The lowest BCUT2D eigenvalue weighted by Gasteiger charge is -2.27. The van der Waals surface area contributed by atoms with Crippen LogP contribution in [-0.4, -0.2) is 37.5 Å². The van der Waals surface area contributed by atoms with E-state index in [9.17, 15) is 5.02 Å². The minimum atomic E-state index is -0.852. The van der Waals surface area contributed by atoms with Crippen molar-refractivity contribution in [2.45, 2.75) is 23.7 Å². The maximum absolute atomic E-state index is 10.1. The molecule has 0 radical (unpaired) electrons. The maximum atomic E-state index is 10.1. The van der Waals surface area contributed by atoms with Crippen LogP contribution in [0.2, 0.25) is 0 Å². The number of rotatable bonds is 2. The average Bonchev–Trinajstić information content (AvgIpc) is 2.77. The van der Waals surface area contributed by atoms with Crippen LogP contribution in [0.3, 0.4) is 0 Å². The molecule has 98 valence electrons. The van der Waals surface area contributed by atoms with Gasteiger partial charge in [0.1, 0.15) is 5.75 Å². The number of aromatic nitrogens is 4. The molecule has 0 aliphatic carbocycles. The predicted octanol–water partition coefficient (Wildman–Crippen LogP) is 0.634. The quantitative estimate of drug-likeness (QED) is 0.811. The Bertz CT molecular complexity index is 606. The molecule has 3 rings (SSSR count). The number of hydrogen-bond acceptors (Lipinski definition) is 6. The fourth-order valence-electron chi connectivity index (χ4n) is 2.11. The first-order valence-corrected chi connectivity index (χ1v) is 6.85. The monoisotopic (exact) mass is 276 g/mol. The van der Waals surface area contributed by atoms with Crippen molar-refractivity contribution in [1.29, 1.82) is 0 Å². The second-order valence-electron chi connectivity index (χ2n) is 4.52. The number of thioether (sulfide) groups is 1. The van der Waals surface area contributed by atoms with E-state index in [4.69, 9.17) is 4.65 Å². The molecule has 2 aromatic rings. The van der Waals surface area contributed by atoms with Crippen molar-refractivity contribution in [3.63, 3.8) is 0 Å². The molecule has 0 saturated carbocycles. The maximum Gasteiger partial charge on any atom is 0.537 e. The zero-order chi connectivity index (χ0) is 13.4. The number of benzene rings is 1. The Balaban J connectivity index is 1.84. The molecule has 0 spiro atoms. The summed E-state index contributed by atoms with van der Waals surface area (Å²) in [4.78, 5) is 0. The van der Waals surface area contributed by atoms with E-state index in [1.165, 1.54) is 11.8 Å². The molecule has 1 aliphatic heterocycles. The summed E-state index contributed by atoms with van der Waals surface area (Å²) in [7, 11) is 0.923. The van der Waals surface area contributed by atoms with Crippen molar-refractivity contribution in [2.75, 3.05) is 0 Å². The Kier molecular flexibility index (Phi) is 3.20. The Morgan fingerprint density at radius 1 is 1.53 bits per heavy atom. The third kappa shape index (κ3) is 2.33. The smallest absolute Gasteiger partial charge is 0.535 e. The van der Waals surface area contributed by atoms with Gasteiger partial charge in [-0.25, -0.2) is 4.68 Å². The summed E-state index contributed by atoms with van der Waals surface area (Å²) in [5, 5.41) is 22.0. The molecule has 6 nitrogen and oxygen atoms in total. The number of para-hydroxylation sites is 1. The van der Waals surface area contributed by atoms with Gasteiger partial charge in [0.25, 0.3) is 0 Å². The third-order valence-corrected chi connectivity index (χ3v) is 4.37. The number of nitrogens with zero attached hydrogens (tertiary/aromatic N) is 4. The highest BCUT2D eigenvalue weighted by Crippen LogP contribution is 2.35. The number of fused-ring (bicyclic) bond motifs is 1. The molecular weight excluding hydrogens is 263 g/mol. The predicted molar refractivity (Wildman–Crippen MR) is 71.9 cm³/mol. The van der Waals surface area contributed by atoms with Crippen molar-refractivity contribution < 1.29 is 9.68 Å². The topological polar surface area (TPSA) is 73.1 Å². The summed E-state index contributed by atoms with van der Waals surface area (Å²) in [5.74, 6) is 0.794. The molecular formula is C11H13BN4O2S. The Hall–Kier alpha value is -1.54. The lowest BCUT2D eigenvalue weighted by atomic mass is 9.77. The molecule has 1 aliphatic rings. The zero-order valence-electron chi connectivity index (χ0n) is 10.6. The molecule has 1 aromatic carbocycles. The average molecular weight is 276 g/mol. The highest BCUT2D eigenvalue weighted by Gasteiger charge is 2.37. The summed E-state index contributed by atoms with van der Waals surface area (Å²) in [6.07, 6.45) is 0.732. The minimum absolute atomic E-state index is 0.112. The first-order valence-electron chi connectivity index (χ1n) is 5.97. The van der Waals surface area contributed by atoms with E-state index >= 15 is 0 Å². The van der Waals surface area contributed by atoms with E-state index < -0.39 is 7.12 Å². The van der Waals surface area contributed by atoms with Crippen LogP contribution in [0.1, 0.15) is 11.1 Å². The van der Waals surface area contributed by atoms with Crippen molar-refractivity contribution in [3.8, 4) is 5.75 Å². The van der Waals surface area contributed by atoms with Gasteiger partial charge in [0.2, 0.25) is 5.16 Å². The number of aryl methyl sites for hydroxylation is 2. The lowest BCUT2D eigenvalue weighted by Crippen LogP contribution is -2.40. The van der Waals surface area contributed by atoms with E-state index in [1.54, 1.807) is 11.7 Å². The van der Waals surface area contributed by atoms with E-state index in [2.05, 4.69) is 15.5 Å². The van der Waals surface area contributed by atoms with Crippen molar-refractivity contribution >= 4 is 18.9 Å². The molecule has 1 aromatic heterocycles. The van der Waals surface area contributed by atoms with Crippen LogP contribution in [0.5, 0.6) is 5.75 Å². The highest BCUT2D eigenvalue weighted by atomic mass is 32.2. The van der Waals surface area contributed by atoms with Gasteiger partial charge >= 0.3 is 7.12 Å². The lowest BCUT2D eigenvalue weighted by molar-refractivity contribution is 0.393. The van der Waals surface area contributed by atoms with Crippen LogP contribution in [0, 0.1) is 6.92 Å². The number of tetrazole rings is 1. The van der Waals surface area contributed by atoms with Gasteiger partial charge in [0, 0.05) is 7.05 Å². The van der Waals surface area contributed by atoms with Crippen LogP contribution in [0.4, 0.5) is 0 Å². The summed E-state index contributed by atoms with van der Waals surface area (Å²) in [6.45, 7) is 1.98. The second kappa shape index (κ2) is 4.86. The molecule has 1 N–H and O–H groups in total. The fourth-order valence-corrected chi connectivity index (χ4v) is 3.09. The third-order valence-electron chi connectivity index (χ3n) is 3.11. The molecule has 0 fully saturated rings. The molecule has 0 amide bonds. The SMILES string of the molecule is Cc1cccc2c1OB(O)[C@@H](Sc1nnnn1C)C2. The van der Waals surface area contributed by atoms with Crippen LogP contribution in [-0.2, 0) is 13.5 Å². The minimum Gasteiger partial charge on any atom is -0.535 e. The van der Waals surface area contributed by atoms with E-state index in [0.717, 1.165) is 23.3 Å². The summed E-state index contributed by atoms with van der Waals surface area (Å²) < 4.78 is 7.21. The van der Waals surface area contributed by atoms with Gasteiger partial charge in [-0.1, -0.05) is 30.0 Å². The summed E-state index contributed by atoms with van der Waals surface area (Å²) in [5.41, 5.74) is 2.15. The van der Waals surface area contributed by atoms with Crippen molar-refractivity contribution in [2.24, 2.45) is 7.05 Å².